The lowest BCUT2D eigenvalue weighted by Crippen LogP contribution is -2.46. The number of likely N-dealkylation sites (tertiary alicyclic amines) is 2. The average molecular weight is 631 g/mol. The van der Waals surface area contributed by atoms with Gasteiger partial charge in [-0.15, -0.1) is 0 Å². The maximum atomic E-state index is 14.0. The van der Waals surface area contributed by atoms with Crippen molar-refractivity contribution < 1.29 is 22.8 Å². The zero-order chi connectivity index (χ0) is 31.0. The van der Waals surface area contributed by atoms with Gasteiger partial charge < -0.3 is 21.3 Å². The Bertz CT molecular complexity index is 1380. The van der Waals surface area contributed by atoms with Crippen LogP contribution in [0.1, 0.15) is 61.6 Å². The second-order valence-electron chi connectivity index (χ2n) is 11.8. The van der Waals surface area contributed by atoms with E-state index >= 15 is 0 Å². The monoisotopic (exact) mass is 630 g/mol. The number of hydrogen-bond acceptors (Lipinski definition) is 7. The van der Waals surface area contributed by atoms with Crippen molar-refractivity contribution in [3.8, 4) is 0 Å². The Morgan fingerprint density at radius 3 is 2.37 bits per heavy atom. The molecule has 234 valence electrons. The van der Waals surface area contributed by atoms with Gasteiger partial charge in [-0.3, -0.25) is 14.4 Å². The van der Waals surface area contributed by atoms with Crippen LogP contribution in [-0.4, -0.2) is 73.3 Å². The van der Waals surface area contributed by atoms with Crippen LogP contribution in [0.15, 0.2) is 48.5 Å². The van der Waals surface area contributed by atoms with Crippen molar-refractivity contribution in [2.45, 2.75) is 75.7 Å². The van der Waals surface area contributed by atoms with Gasteiger partial charge in [-0.05, 0) is 67.3 Å². The van der Waals surface area contributed by atoms with Crippen LogP contribution in [0.4, 0.5) is 0 Å². The molecule has 2 aliphatic heterocycles. The van der Waals surface area contributed by atoms with Crippen LogP contribution in [0.2, 0.25) is 5.02 Å². The topological polar surface area (TPSA) is 144 Å². The summed E-state index contributed by atoms with van der Waals surface area (Å²) in [4.78, 5) is 43.7. The zero-order valence-corrected chi connectivity index (χ0v) is 26.2. The van der Waals surface area contributed by atoms with Gasteiger partial charge in [0, 0.05) is 50.1 Å². The predicted molar refractivity (Wildman–Crippen MR) is 168 cm³/mol. The number of ketones is 1. The fourth-order valence-corrected chi connectivity index (χ4v) is 8.06. The third-order valence-corrected chi connectivity index (χ3v) is 10.5. The first kappa shape index (κ1) is 33.1. The fraction of sp³-hybridized carbons (Fsp3) is 0.531. The average Bonchev–Trinajstić information content (AvgIpc) is 3.48. The molecule has 4 rings (SSSR count). The Morgan fingerprint density at radius 1 is 0.953 bits per heavy atom. The molecule has 0 radical (unpaired) electrons. The number of benzene rings is 2. The highest BCUT2D eigenvalue weighted by atomic mass is 35.5. The first-order valence-electron chi connectivity index (χ1n) is 15.1. The van der Waals surface area contributed by atoms with Gasteiger partial charge in [0.05, 0.1) is 23.5 Å². The van der Waals surface area contributed by atoms with Crippen LogP contribution in [0, 0.1) is 5.92 Å². The van der Waals surface area contributed by atoms with E-state index in [1.165, 1.54) is 0 Å². The number of rotatable bonds is 13. The first-order chi connectivity index (χ1) is 20.6. The summed E-state index contributed by atoms with van der Waals surface area (Å²) in [5.74, 6) is -2.03. The molecule has 4 N–H and O–H groups in total. The number of carbonyl (C=O) groups is 3. The number of amides is 2. The summed E-state index contributed by atoms with van der Waals surface area (Å²) < 4.78 is 26.6. The number of piperidine rings is 1. The third-order valence-electron chi connectivity index (χ3n) is 8.57. The Morgan fingerprint density at radius 2 is 1.67 bits per heavy atom. The second-order valence-corrected chi connectivity index (χ2v) is 14.3. The van der Waals surface area contributed by atoms with E-state index in [9.17, 15) is 22.8 Å². The van der Waals surface area contributed by atoms with Gasteiger partial charge >= 0.3 is 0 Å². The van der Waals surface area contributed by atoms with Crippen LogP contribution in [0.5, 0.6) is 0 Å². The minimum absolute atomic E-state index is 0.0651. The molecule has 43 heavy (non-hydrogen) atoms. The highest BCUT2D eigenvalue weighted by molar-refractivity contribution is 7.90. The number of nitrogens with two attached hydrogens (primary N) is 2. The smallest absolute Gasteiger partial charge is 0.227 e. The summed E-state index contributed by atoms with van der Waals surface area (Å²) in [5, 5.41) is 0.568. The minimum Gasteiger partial charge on any atom is -0.343 e. The number of carbonyl (C=O) groups excluding carboxylic acids is 3. The number of Topliss-reactive ketones (excluding diaryl/α,β-unsaturated/α-hetero) is 1. The molecule has 9 nitrogen and oxygen atoms in total. The molecule has 0 aliphatic carbocycles. The van der Waals surface area contributed by atoms with Crippen molar-refractivity contribution in [3.05, 3.63) is 70.2 Å². The Kier molecular flexibility index (Phi) is 11.8. The van der Waals surface area contributed by atoms with Crippen LogP contribution >= 0.6 is 11.6 Å². The van der Waals surface area contributed by atoms with E-state index in [1.54, 1.807) is 40.1 Å². The van der Waals surface area contributed by atoms with E-state index in [-0.39, 0.29) is 54.4 Å². The molecule has 2 saturated heterocycles. The standard InChI is InChI=1S/C32H43ClN4O5S/c33-27-11-8-25(20-34)24(19-27)9-12-30(38)29-7-4-16-37(29)32(40)26(10-13-31(39)36-17-14-28(35)15-18-36)22-43(41,42)21-23-5-2-1-3-6-23/h1-3,5-6,8,11,19,26,28-29H,4,7,9-10,12-18,20-22,34-35H2/t26-,29-/m0/s1. The Balaban J connectivity index is 1.46. The van der Waals surface area contributed by atoms with Crippen molar-refractivity contribution in [1.29, 1.82) is 0 Å². The maximum Gasteiger partial charge on any atom is 0.227 e. The van der Waals surface area contributed by atoms with Gasteiger partial charge in [-0.2, -0.15) is 0 Å². The van der Waals surface area contributed by atoms with Crippen LogP contribution in [-0.2, 0) is 42.9 Å². The summed E-state index contributed by atoms with van der Waals surface area (Å²) in [6, 6.07) is 13.7. The first-order valence-corrected chi connectivity index (χ1v) is 17.3. The summed E-state index contributed by atoms with van der Waals surface area (Å²) in [7, 11) is -3.68. The molecular formula is C32H43ClN4O5S. The lowest BCUT2D eigenvalue weighted by molar-refractivity contribution is -0.141. The summed E-state index contributed by atoms with van der Waals surface area (Å²) >= 11 is 6.17. The molecule has 2 fully saturated rings. The number of nitrogens with zero attached hydrogens (tertiary/aromatic N) is 2. The van der Waals surface area contributed by atoms with E-state index < -0.39 is 21.8 Å². The van der Waals surface area contributed by atoms with E-state index in [1.807, 2.05) is 18.2 Å². The van der Waals surface area contributed by atoms with Crippen LogP contribution in [0.3, 0.4) is 0 Å². The van der Waals surface area contributed by atoms with Crippen molar-refractivity contribution in [1.82, 2.24) is 9.80 Å². The number of hydrogen-bond donors (Lipinski definition) is 2. The SMILES string of the molecule is NCc1ccc(Cl)cc1CCC(=O)[C@@H]1CCCN1C(=O)[C@@H](CCC(=O)N1CCC(N)CC1)CS(=O)(=O)Cc1ccccc1. The van der Waals surface area contributed by atoms with Crippen molar-refractivity contribution in [2.75, 3.05) is 25.4 Å². The molecule has 2 aliphatic rings. The zero-order valence-electron chi connectivity index (χ0n) is 24.6. The highest BCUT2D eigenvalue weighted by Crippen LogP contribution is 2.27. The van der Waals surface area contributed by atoms with Crippen molar-refractivity contribution in [2.24, 2.45) is 17.4 Å². The third kappa shape index (κ3) is 9.35. The quantitative estimate of drug-likeness (QED) is 0.346. The van der Waals surface area contributed by atoms with E-state index in [0.29, 0.717) is 56.0 Å². The normalized spacial score (nSPS) is 18.5. The molecule has 0 unspecified atom stereocenters. The molecule has 0 aromatic heterocycles. The number of halogens is 1. The van der Waals surface area contributed by atoms with Gasteiger partial charge in [0.1, 0.15) is 0 Å². The molecule has 0 saturated carbocycles. The van der Waals surface area contributed by atoms with Crippen molar-refractivity contribution >= 4 is 39.0 Å². The van der Waals surface area contributed by atoms with E-state index in [0.717, 1.165) is 24.0 Å². The van der Waals surface area contributed by atoms with Gasteiger partial charge in [-0.25, -0.2) is 8.42 Å². The molecular weight excluding hydrogens is 588 g/mol. The molecule has 2 amide bonds. The fourth-order valence-electron chi connectivity index (χ4n) is 6.13. The minimum atomic E-state index is -3.68. The summed E-state index contributed by atoms with van der Waals surface area (Å²) in [5.41, 5.74) is 14.3. The van der Waals surface area contributed by atoms with E-state index in [4.69, 9.17) is 23.1 Å². The van der Waals surface area contributed by atoms with E-state index in [2.05, 4.69) is 0 Å². The number of sulfone groups is 1. The molecule has 2 aromatic carbocycles. The second kappa shape index (κ2) is 15.3. The lowest BCUT2D eigenvalue weighted by atomic mass is 9.97. The Hall–Kier alpha value is -2.79. The molecule has 0 bridgehead atoms. The Labute approximate surface area is 259 Å². The summed E-state index contributed by atoms with van der Waals surface area (Å²) in [6.07, 6.45) is 3.47. The van der Waals surface area contributed by atoms with Gasteiger partial charge in [0.15, 0.2) is 15.6 Å². The molecule has 2 aromatic rings. The van der Waals surface area contributed by atoms with Crippen LogP contribution < -0.4 is 11.5 Å². The highest BCUT2D eigenvalue weighted by Gasteiger charge is 2.38. The summed E-state index contributed by atoms with van der Waals surface area (Å²) in [6.45, 7) is 1.84. The molecule has 11 heteroatoms. The molecule has 2 heterocycles. The van der Waals surface area contributed by atoms with Gasteiger partial charge in [0.2, 0.25) is 11.8 Å². The lowest BCUT2D eigenvalue weighted by Gasteiger charge is -2.31. The number of aryl methyl sites for hydroxylation is 1. The molecule has 2 atom stereocenters. The van der Waals surface area contributed by atoms with Gasteiger partial charge in [0.25, 0.3) is 0 Å². The maximum absolute atomic E-state index is 14.0. The largest absolute Gasteiger partial charge is 0.343 e. The molecule has 0 spiro atoms. The predicted octanol–water partition coefficient (Wildman–Crippen LogP) is 3.25. The van der Waals surface area contributed by atoms with Crippen molar-refractivity contribution in [3.63, 3.8) is 0 Å². The van der Waals surface area contributed by atoms with Crippen LogP contribution in [0.25, 0.3) is 0 Å². The van der Waals surface area contributed by atoms with Gasteiger partial charge in [-0.1, -0.05) is 48.0 Å².